The van der Waals surface area contributed by atoms with Crippen LogP contribution in [-0.2, 0) is 9.53 Å². The molecule has 0 heterocycles. The molecule has 0 saturated heterocycles. The molecule has 0 amide bonds. The summed E-state index contributed by atoms with van der Waals surface area (Å²) in [7, 11) is 0. The zero-order valence-corrected chi connectivity index (χ0v) is 8.80. The van der Waals surface area contributed by atoms with Gasteiger partial charge in [0.1, 0.15) is 0 Å². The Morgan fingerprint density at radius 3 is 2.69 bits per heavy atom. The lowest BCUT2D eigenvalue weighted by Crippen LogP contribution is -2.27. The zero-order valence-electron chi connectivity index (χ0n) is 8.05. The van der Waals surface area contributed by atoms with Crippen LogP contribution in [0.15, 0.2) is 24.3 Å². The van der Waals surface area contributed by atoms with Crippen LogP contribution in [0.2, 0.25) is 0 Å². The van der Waals surface area contributed by atoms with Crippen molar-refractivity contribution in [1.82, 2.24) is 0 Å². The van der Waals surface area contributed by atoms with Crippen molar-refractivity contribution in [1.29, 1.82) is 0 Å². The van der Waals surface area contributed by atoms with Crippen LogP contribution in [0.25, 0.3) is 0 Å². The SMILES string of the molecule is C=CC(C)(C/C=C/Cl)C(=O)OCC. The van der Waals surface area contributed by atoms with Gasteiger partial charge in [-0.15, -0.1) is 6.58 Å². The van der Waals surface area contributed by atoms with Crippen LogP contribution in [-0.4, -0.2) is 12.6 Å². The molecule has 0 fully saturated rings. The van der Waals surface area contributed by atoms with E-state index in [2.05, 4.69) is 6.58 Å². The summed E-state index contributed by atoms with van der Waals surface area (Å²) in [5, 5.41) is 0. The molecule has 3 heteroatoms. The number of esters is 1. The molecule has 0 aromatic rings. The van der Waals surface area contributed by atoms with Crippen molar-refractivity contribution in [3.63, 3.8) is 0 Å². The second-order valence-corrected chi connectivity index (χ2v) is 3.16. The van der Waals surface area contributed by atoms with E-state index in [-0.39, 0.29) is 5.97 Å². The van der Waals surface area contributed by atoms with E-state index in [4.69, 9.17) is 16.3 Å². The Morgan fingerprint density at radius 1 is 1.69 bits per heavy atom. The number of carbonyl (C=O) groups is 1. The molecule has 0 aliphatic carbocycles. The van der Waals surface area contributed by atoms with Crippen LogP contribution in [0.1, 0.15) is 20.3 Å². The lowest BCUT2D eigenvalue weighted by Gasteiger charge is -2.21. The second-order valence-electron chi connectivity index (χ2n) is 2.91. The van der Waals surface area contributed by atoms with E-state index in [1.807, 2.05) is 0 Å². The summed E-state index contributed by atoms with van der Waals surface area (Å²) in [6.45, 7) is 7.54. The van der Waals surface area contributed by atoms with Crippen LogP contribution in [0, 0.1) is 5.41 Å². The molecule has 0 rings (SSSR count). The van der Waals surface area contributed by atoms with Gasteiger partial charge in [0.25, 0.3) is 0 Å². The molecule has 2 nitrogen and oxygen atoms in total. The van der Waals surface area contributed by atoms with Gasteiger partial charge in [0.05, 0.1) is 12.0 Å². The van der Waals surface area contributed by atoms with Crippen molar-refractivity contribution in [2.24, 2.45) is 5.41 Å². The number of halogens is 1. The van der Waals surface area contributed by atoms with E-state index in [1.54, 1.807) is 26.0 Å². The maximum Gasteiger partial charge on any atom is 0.315 e. The monoisotopic (exact) mass is 202 g/mol. The van der Waals surface area contributed by atoms with Crippen molar-refractivity contribution in [2.75, 3.05) is 6.61 Å². The number of carbonyl (C=O) groups excluding carboxylic acids is 1. The number of ether oxygens (including phenoxy) is 1. The third-order valence-electron chi connectivity index (χ3n) is 1.82. The first kappa shape index (κ1) is 12.2. The van der Waals surface area contributed by atoms with E-state index in [0.29, 0.717) is 13.0 Å². The molecule has 0 bridgehead atoms. The minimum absolute atomic E-state index is 0.264. The molecule has 1 unspecified atom stereocenters. The van der Waals surface area contributed by atoms with Gasteiger partial charge in [-0.25, -0.2) is 0 Å². The van der Waals surface area contributed by atoms with Crippen molar-refractivity contribution in [3.8, 4) is 0 Å². The minimum atomic E-state index is -0.665. The maximum absolute atomic E-state index is 11.4. The van der Waals surface area contributed by atoms with E-state index >= 15 is 0 Å². The molecule has 0 aromatic carbocycles. The molecule has 0 aliphatic heterocycles. The fourth-order valence-electron chi connectivity index (χ4n) is 0.835. The number of hydrogen-bond acceptors (Lipinski definition) is 2. The van der Waals surface area contributed by atoms with Crippen molar-refractivity contribution in [2.45, 2.75) is 20.3 Å². The van der Waals surface area contributed by atoms with E-state index in [0.717, 1.165) is 0 Å². The normalized spacial score (nSPS) is 15.3. The molecule has 0 radical (unpaired) electrons. The van der Waals surface area contributed by atoms with Gasteiger partial charge >= 0.3 is 5.97 Å². The smallest absolute Gasteiger partial charge is 0.315 e. The minimum Gasteiger partial charge on any atom is -0.465 e. The Hall–Kier alpha value is -0.760. The van der Waals surface area contributed by atoms with Gasteiger partial charge in [-0.3, -0.25) is 4.79 Å². The number of allylic oxidation sites excluding steroid dienone is 1. The Balaban J connectivity index is 4.42. The average molecular weight is 203 g/mol. The summed E-state index contributed by atoms with van der Waals surface area (Å²) in [5.74, 6) is -0.264. The highest BCUT2D eigenvalue weighted by atomic mass is 35.5. The first-order valence-corrected chi connectivity index (χ1v) is 4.60. The molecule has 0 aliphatic rings. The molecule has 0 saturated carbocycles. The zero-order chi connectivity index (χ0) is 10.3. The molecule has 74 valence electrons. The van der Waals surface area contributed by atoms with E-state index < -0.39 is 5.41 Å². The molecule has 13 heavy (non-hydrogen) atoms. The highest BCUT2D eigenvalue weighted by Crippen LogP contribution is 2.25. The van der Waals surface area contributed by atoms with E-state index in [9.17, 15) is 4.79 Å². The molecule has 1 atom stereocenters. The largest absolute Gasteiger partial charge is 0.465 e. The van der Waals surface area contributed by atoms with Gasteiger partial charge in [-0.05, 0) is 20.3 Å². The molecule has 0 spiro atoms. The van der Waals surface area contributed by atoms with Crippen LogP contribution in [0.4, 0.5) is 0 Å². The first-order valence-electron chi connectivity index (χ1n) is 4.16. The van der Waals surface area contributed by atoms with Gasteiger partial charge < -0.3 is 4.74 Å². The van der Waals surface area contributed by atoms with Crippen LogP contribution < -0.4 is 0 Å². The summed E-state index contributed by atoms with van der Waals surface area (Å²) < 4.78 is 4.91. The quantitative estimate of drug-likeness (QED) is 0.506. The van der Waals surface area contributed by atoms with Crippen molar-refractivity contribution < 1.29 is 9.53 Å². The lowest BCUT2D eigenvalue weighted by atomic mass is 9.87. The number of hydrogen-bond donors (Lipinski definition) is 0. The predicted molar refractivity (Wildman–Crippen MR) is 54.5 cm³/mol. The summed E-state index contributed by atoms with van der Waals surface area (Å²) in [6.07, 6.45) is 3.81. The third-order valence-corrected chi connectivity index (χ3v) is 2.00. The fourth-order valence-corrected chi connectivity index (χ4v) is 0.924. The summed E-state index contributed by atoms with van der Waals surface area (Å²) in [6, 6.07) is 0. The van der Waals surface area contributed by atoms with Crippen LogP contribution in [0.3, 0.4) is 0 Å². The molecular weight excluding hydrogens is 188 g/mol. The van der Waals surface area contributed by atoms with Crippen molar-refractivity contribution in [3.05, 3.63) is 24.3 Å². The van der Waals surface area contributed by atoms with Crippen molar-refractivity contribution >= 4 is 17.6 Å². The molecule has 0 aromatic heterocycles. The second kappa shape index (κ2) is 5.81. The predicted octanol–water partition coefficient (Wildman–Crippen LogP) is 2.88. The summed E-state index contributed by atoms with van der Waals surface area (Å²) in [5.41, 5.74) is 0.725. The highest BCUT2D eigenvalue weighted by Gasteiger charge is 2.29. The van der Waals surface area contributed by atoms with Gasteiger partial charge in [0.15, 0.2) is 0 Å². The van der Waals surface area contributed by atoms with Gasteiger partial charge in [-0.2, -0.15) is 0 Å². The third kappa shape index (κ3) is 3.64. The van der Waals surface area contributed by atoms with Crippen LogP contribution in [0.5, 0.6) is 0 Å². The van der Waals surface area contributed by atoms with Crippen LogP contribution >= 0.6 is 11.6 Å². The topological polar surface area (TPSA) is 26.3 Å². The van der Waals surface area contributed by atoms with Gasteiger partial charge in [0, 0.05) is 5.54 Å². The summed E-state index contributed by atoms with van der Waals surface area (Å²) >= 11 is 5.38. The molecular formula is C10H15ClO2. The summed E-state index contributed by atoms with van der Waals surface area (Å²) in [4.78, 5) is 11.4. The van der Waals surface area contributed by atoms with Gasteiger partial charge in [0.2, 0.25) is 0 Å². The Morgan fingerprint density at radius 2 is 2.31 bits per heavy atom. The lowest BCUT2D eigenvalue weighted by molar-refractivity contribution is -0.151. The highest BCUT2D eigenvalue weighted by molar-refractivity contribution is 6.25. The maximum atomic E-state index is 11.4. The standard InChI is InChI=1S/C10H15ClO2/c1-4-10(3,7-6-8-11)9(12)13-5-2/h4,6,8H,1,5,7H2,2-3H3/b8-6+. The fraction of sp³-hybridized carbons (Fsp3) is 0.500. The molecule has 0 N–H and O–H groups in total. The average Bonchev–Trinajstić information content (AvgIpc) is 2.14. The Kier molecular flexibility index (Phi) is 5.47. The Bertz CT molecular complexity index is 211. The number of rotatable bonds is 5. The van der Waals surface area contributed by atoms with Gasteiger partial charge in [-0.1, -0.05) is 23.8 Å². The van der Waals surface area contributed by atoms with E-state index in [1.165, 1.54) is 5.54 Å². The first-order chi connectivity index (χ1) is 6.10. The Labute approximate surface area is 84.2 Å².